The second kappa shape index (κ2) is 8.62. The van der Waals surface area contributed by atoms with Gasteiger partial charge in [-0.25, -0.2) is 9.97 Å². The number of piperazine rings is 1. The summed E-state index contributed by atoms with van der Waals surface area (Å²) in [6.45, 7) is 7.55. The molecule has 7 nitrogen and oxygen atoms in total. The molecule has 2 heterocycles. The number of nitrogens with one attached hydrogen (secondary N) is 1. The first-order chi connectivity index (χ1) is 12.7. The van der Waals surface area contributed by atoms with Gasteiger partial charge in [0, 0.05) is 38.3 Å². The van der Waals surface area contributed by atoms with Crippen molar-refractivity contribution in [2.75, 3.05) is 44.7 Å². The van der Waals surface area contributed by atoms with Gasteiger partial charge < -0.3 is 19.9 Å². The lowest BCUT2D eigenvalue weighted by atomic mass is 10.2. The highest BCUT2D eigenvalue weighted by Gasteiger charge is 2.17. The summed E-state index contributed by atoms with van der Waals surface area (Å²) in [6.07, 6.45) is 3.22. The fourth-order valence-electron chi connectivity index (χ4n) is 3.01. The summed E-state index contributed by atoms with van der Waals surface area (Å²) in [5.41, 5.74) is 1.23. The average Bonchev–Trinajstić information content (AvgIpc) is 2.72. The smallest absolute Gasteiger partial charge is 0.271 e. The molecule has 1 amide bonds. The van der Waals surface area contributed by atoms with Gasteiger partial charge in [-0.1, -0.05) is 25.1 Å². The van der Waals surface area contributed by atoms with Crippen LogP contribution in [0.3, 0.4) is 0 Å². The number of aromatic nitrogens is 2. The van der Waals surface area contributed by atoms with Crippen molar-refractivity contribution in [3.8, 4) is 5.75 Å². The number of ether oxygens (including phenoxy) is 1. The second-order valence-corrected chi connectivity index (χ2v) is 6.18. The zero-order valence-corrected chi connectivity index (χ0v) is 15.3. The molecule has 1 fully saturated rings. The van der Waals surface area contributed by atoms with Gasteiger partial charge in [0.05, 0.1) is 19.5 Å². The number of rotatable bonds is 6. The summed E-state index contributed by atoms with van der Waals surface area (Å²) in [5.74, 6) is 1.33. The van der Waals surface area contributed by atoms with Crippen LogP contribution in [0.4, 0.5) is 5.82 Å². The molecule has 0 unspecified atom stereocenters. The molecule has 1 aromatic carbocycles. The third kappa shape index (κ3) is 4.29. The van der Waals surface area contributed by atoms with Gasteiger partial charge in [0.15, 0.2) is 0 Å². The van der Waals surface area contributed by atoms with E-state index in [9.17, 15) is 4.79 Å². The zero-order chi connectivity index (χ0) is 18.4. The van der Waals surface area contributed by atoms with Crippen LogP contribution >= 0.6 is 0 Å². The molecule has 1 N–H and O–H groups in total. The average molecular weight is 355 g/mol. The van der Waals surface area contributed by atoms with Gasteiger partial charge in [0.25, 0.3) is 5.91 Å². The lowest BCUT2D eigenvalue weighted by Crippen LogP contribution is -2.46. The van der Waals surface area contributed by atoms with E-state index in [1.807, 2.05) is 24.3 Å². The molecular formula is C19H25N5O2. The van der Waals surface area contributed by atoms with Crippen molar-refractivity contribution >= 4 is 11.7 Å². The Labute approximate surface area is 154 Å². The third-order valence-electron chi connectivity index (χ3n) is 4.65. The number of hydrogen-bond donors (Lipinski definition) is 1. The Morgan fingerprint density at radius 1 is 1.15 bits per heavy atom. The number of methoxy groups -OCH3 is 1. The van der Waals surface area contributed by atoms with Crippen molar-refractivity contribution in [1.29, 1.82) is 0 Å². The van der Waals surface area contributed by atoms with E-state index >= 15 is 0 Å². The number of carbonyl (C=O) groups is 1. The summed E-state index contributed by atoms with van der Waals surface area (Å²) < 4.78 is 5.29. The predicted molar refractivity (Wildman–Crippen MR) is 101 cm³/mol. The van der Waals surface area contributed by atoms with Crippen LogP contribution in [0, 0.1) is 0 Å². The number of anilines is 1. The van der Waals surface area contributed by atoms with Gasteiger partial charge in [-0.05, 0) is 12.6 Å². The van der Waals surface area contributed by atoms with Crippen molar-refractivity contribution < 1.29 is 9.53 Å². The van der Waals surface area contributed by atoms with E-state index in [2.05, 4.69) is 32.0 Å². The van der Waals surface area contributed by atoms with E-state index in [0.717, 1.165) is 49.9 Å². The Morgan fingerprint density at radius 2 is 1.92 bits per heavy atom. The second-order valence-electron chi connectivity index (χ2n) is 6.18. The van der Waals surface area contributed by atoms with E-state index < -0.39 is 0 Å². The van der Waals surface area contributed by atoms with Crippen molar-refractivity contribution in [1.82, 2.24) is 20.2 Å². The van der Waals surface area contributed by atoms with Crippen LogP contribution in [0.1, 0.15) is 23.0 Å². The summed E-state index contributed by atoms with van der Waals surface area (Å²) in [6, 6.07) is 7.60. The number of nitrogens with zero attached hydrogens (tertiary/aromatic N) is 4. The summed E-state index contributed by atoms with van der Waals surface area (Å²) in [7, 11) is 1.62. The zero-order valence-electron chi connectivity index (χ0n) is 15.3. The first-order valence-electron chi connectivity index (χ1n) is 8.90. The molecule has 2 aromatic rings. The van der Waals surface area contributed by atoms with Crippen LogP contribution in [-0.2, 0) is 6.54 Å². The van der Waals surface area contributed by atoms with Crippen LogP contribution in [0.2, 0.25) is 0 Å². The minimum atomic E-state index is -0.245. The predicted octanol–water partition coefficient (Wildman–Crippen LogP) is 1.56. The van der Waals surface area contributed by atoms with Crippen molar-refractivity contribution in [3.63, 3.8) is 0 Å². The number of hydrogen-bond acceptors (Lipinski definition) is 6. The maximum Gasteiger partial charge on any atom is 0.271 e. The van der Waals surface area contributed by atoms with Crippen molar-refractivity contribution in [2.45, 2.75) is 13.5 Å². The van der Waals surface area contributed by atoms with E-state index in [0.29, 0.717) is 12.2 Å². The fraction of sp³-hybridized carbons (Fsp3) is 0.421. The normalized spacial score (nSPS) is 14.9. The molecule has 0 spiro atoms. The number of carbonyl (C=O) groups excluding carboxylic acids is 1. The van der Waals surface area contributed by atoms with Crippen LogP contribution in [-0.4, -0.2) is 60.6 Å². The Bertz CT molecular complexity index is 727. The lowest BCUT2D eigenvalue weighted by molar-refractivity contribution is 0.0945. The molecule has 0 bridgehead atoms. The summed E-state index contributed by atoms with van der Waals surface area (Å²) >= 11 is 0. The maximum absolute atomic E-state index is 12.3. The Kier molecular flexibility index (Phi) is 6.01. The fourth-order valence-corrected chi connectivity index (χ4v) is 3.01. The van der Waals surface area contributed by atoms with E-state index in [1.165, 1.54) is 0 Å². The molecular weight excluding hydrogens is 330 g/mol. The summed E-state index contributed by atoms with van der Waals surface area (Å²) in [5, 5.41) is 2.86. The molecule has 138 valence electrons. The van der Waals surface area contributed by atoms with Gasteiger partial charge in [0.2, 0.25) is 0 Å². The van der Waals surface area contributed by atoms with Gasteiger partial charge in [-0.3, -0.25) is 4.79 Å². The quantitative estimate of drug-likeness (QED) is 0.848. The van der Waals surface area contributed by atoms with E-state index in [-0.39, 0.29) is 5.91 Å². The Morgan fingerprint density at radius 3 is 2.58 bits per heavy atom. The minimum absolute atomic E-state index is 0.245. The monoisotopic (exact) mass is 355 g/mol. The highest BCUT2D eigenvalue weighted by Crippen LogP contribution is 2.17. The molecule has 1 aliphatic heterocycles. The summed E-state index contributed by atoms with van der Waals surface area (Å²) in [4.78, 5) is 25.6. The minimum Gasteiger partial charge on any atom is -0.496 e. The first-order valence-corrected chi connectivity index (χ1v) is 8.90. The van der Waals surface area contributed by atoms with Crippen molar-refractivity contribution in [2.24, 2.45) is 0 Å². The maximum atomic E-state index is 12.3. The molecule has 7 heteroatoms. The highest BCUT2D eigenvalue weighted by atomic mass is 16.5. The third-order valence-corrected chi connectivity index (χ3v) is 4.65. The lowest BCUT2D eigenvalue weighted by Gasteiger charge is -2.34. The van der Waals surface area contributed by atoms with Gasteiger partial charge in [-0.15, -0.1) is 0 Å². The van der Waals surface area contributed by atoms with Gasteiger partial charge >= 0.3 is 0 Å². The number of para-hydroxylation sites is 1. The van der Waals surface area contributed by atoms with Crippen LogP contribution in [0.25, 0.3) is 0 Å². The largest absolute Gasteiger partial charge is 0.496 e. The van der Waals surface area contributed by atoms with Gasteiger partial charge in [0.1, 0.15) is 17.3 Å². The Balaban J connectivity index is 1.57. The molecule has 0 aliphatic carbocycles. The molecule has 26 heavy (non-hydrogen) atoms. The molecule has 3 rings (SSSR count). The highest BCUT2D eigenvalue weighted by molar-refractivity contribution is 5.92. The van der Waals surface area contributed by atoms with Gasteiger partial charge in [-0.2, -0.15) is 0 Å². The van der Waals surface area contributed by atoms with Crippen LogP contribution in [0.15, 0.2) is 36.7 Å². The Hall–Kier alpha value is -2.67. The van der Waals surface area contributed by atoms with Crippen LogP contribution in [0.5, 0.6) is 5.75 Å². The molecule has 0 radical (unpaired) electrons. The SMILES string of the molecule is CCN1CCN(c2cnc(C(=O)NCc3ccccc3OC)cn2)CC1. The number of amides is 1. The van der Waals surface area contributed by atoms with Crippen LogP contribution < -0.4 is 15.0 Å². The molecule has 0 saturated carbocycles. The molecule has 1 saturated heterocycles. The molecule has 1 aliphatic rings. The van der Waals surface area contributed by atoms with E-state index in [4.69, 9.17) is 4.74 Å². The van der Waals surface area contributed by atoms with Crippen molar-refractivity contribution in [3.05, 3.63) is 47.9 Å². The topological polar surface area (TPSA) is 70.6 Å². The van der Waals surface area contributed by atoms with E-state index in [1.54, 1.807) is 19.5 Å². The first kappa shape index (κ1) is 18.1. The number of benzene rings is 1. The number of likely N-dealkylation sites (N-methyl/N-ethyl adjacent to an activating group) is 1. The molecule has 0 atom stereocenters. The molecule has 1 aromatic heterocycles. The standard InChI is InChI=1S/C19H25N5O2/c1-3-23-8-10-24(11-9-23)18-14-20-16(13-21-18)19(25)22-12-15-6-4-5-7-17(15)26-2/h4-7,13-14H,3,8-12H2,1-2H3,(H,22,25).